The van der Waals surface area contributed by atoms with Crippen LogP contribution in [-0.4, -0.2) is 54.1 Å². The minimum atomic E-state index is -1.06. The maximum atomic E-state index is 12.6. The van der Waals surface area contributed by atoms with Crippen molar-refractivity contribution >= 4 is 12.1 Å². The summed E-state index contributed by atoms with van der Waals surface area (Å²) >= 11 is 0. The van der Waals surface area contributed by atoms with Crippen LogP contribution in [0.4, 0.5) is 4.79 Å². The third-order valence-electron chi connectivity index (χ3n) is 3.83. The van der Waals surface area contributed by atoms with E-state index in [1.165, 1.54) is 12.0 Å². The lowest BCUT2D eigenvalue weighted by molar-refractivity contribution is -0.144. The summed E-state index contributed by atoms with van der Waals surface area (Å²) in [5, 5.41) is 3.53. The number of ether oxygens (including phenoxy) is 3. The molecule has 0 N–H and O–H groups in total. The molecule has 0 aromatic heterocycles. The van der Waals surface area contributed by atoms with Gasteiger partial charge in [-0.25, -0.2) is 4.79 Å². The highest BCUT2D eigenvalue weighted by Crippen LogP contribution is 2.34. The van der Waals surface area contributed by atoms with Gasteiger partial charge in [0.15, 0.2) is 0 Å². The number of nitrogens with zero attached hydrogens (tertiary/aromatic N) is 4. The van der Waals surface area contributed by atoms with Crippen molar-refractivity contribution in [3.05, 3.63) is 10.4 Å². The van der Waals surface area contributed by atoms with Crippen molar-refractivity contribution in [2.75, 3.05) is 13.7 Å². The van der Waals surface area contributed by atoms with Gasteiger partial charge in [-0.1, -0.05) is 12.0 Å². The molecule has 136 valence electrons. The van der Waals surface area contributed by atoms with Gasteiger partial charge in [0.1, 0.15) is 17.4 Å². The summed E-state index contributed by atoms with van der Waals surface area (Å²) in [6.45, 7) is 10.7. The molecule has 0 aromatic carbocycles. The zero-order chi connectivity index (χ0) is 18.7. The molecule has 1 aliphatic rings. The van der Waals surface area contributed by atoms with E-state index in [-0.39, 0.29) is 6.61 Å². The molecule has 9 nitrogen and oxygen atoms in total. The highest BCUT2D eigenvalue weighted by Gasteiger charge is 2.49. The first-order valence-corrected chi connectivity index (χ1v) is 7.73. The average molecular weight is 342 g/mol. The Labute approximate surface area is 141 Å². The molecule has 24 heavy (non-hydrogen) atoms. The summed E-state index contributed by atoms with van der Waals surface area (Å²) in [5.41, 5.74) is 7.14. The van der Waals surface area contributed by atoms with E-state index in [0.717, 1.165) is 0 Å². The third-order valence-corrected chi connectivity index (χ3v) is 3.83. The second-order valence-electron chi connectivity index (χ2n) is 7.21. The number of hydrogen-bond acceptors (Lipinski definition) is 6. The number of hydrogen-bond donors (Lipinski definition) is 0. The van der Waals surface area contributed by atoms with Gasteiger partial charge in [0, 0.05) is 4.91 Å². The monoisotopic (exact) mass is 342 g/mol. The van der Waals surface area contributed by atoms with Crippen LogP contribution in [0.15, 0.2) is 5.11 Å². The van der Waals surface area contributed by atoms with E-state index in [2.05, 4.69) is 10.0 Å². The zero-order valence-corrected chi connectivity index (χ0v) is 15.3. The molecule has 0 unspecified atom stereocenters. The van der Waals surface area contributed by atoms with Gasteiger partial charge in [0.2, 0.25) is 0 Å². The minimum Gasteiger partial charge on any atom is -0.469 e. The molecule has 1 saturated heterocycles. The first kappa shape index (κ1) is 20.1. The fraction of sp³-hybridized carbons (Fsp3) is 0.867. The Morgan fingerprint density at radius 1 is 1.42 bits per heavy atom. The summed E-state index contributed by atoms with van der Waals surface area (Å²) in [7, 11) is 1.22. The zero-order valence-electron chi connectivity index (χ0n) is 15.3. The second kappa shape index (κ2) is 7.27. The highest BCUT2D eigenvalue weighted by atomic mass is 16.6. The van der Waals surface area contributed by atoms with Gasteiger partial charge in [-0.2, -0.15) is 0 Å². The first-order valence-electron chi connectivity index (χ1n) is 7.73. The molecule has 3 atom stereocenters. The molecular weight excluding hydrogens is 316 g/mol. The molecule has 1 fully saturated rings. The molecular formula is C15H26N4O5. The van der Waals surface area contributed by atoms with Crippen LogP contribution in [0, 0.1) is 5.92 Å². The summed E-state index contributed by atoms with van der Waals surface area (Å²) in [6.07, 6.45) is -0.550. The maximum Gasteiger partial charge on any atom is 0.412 e. The molecule has 1 rings (SSSR count). The Bertz CT molecular complexity index is 536. The second-order valence-corrected chi connectivity index (χ2v) is 7.21. The smallest absolute Gasteiger partial charge is 0.412 e. The van der Waals surface area contributed by atoms with Crippen molar-refractivity contribution in [2.45, 2.75) is 65.0 Å². The third kappa shape index (κ3) is 4.52. The lowest BCUT2D eigenvalue weighted by atomic mass is 9.93. The number of methoxy groups -OCH3 is 1. The van der Waals surface area contributed by atoms with E-state index in [0.29, 0.717) is 0 Å². The van der Waals surface area contributed by atoms with E-state index in [4.69, 9.17) is 19.7 Å². The maximum absolute atomic E-state index is 12.6. The number of rotatable bonds is 4. The summed E-state index contributed by atoms with van der Waals surface area (Å²) in [6, 6.07) is -1.56. The Kier molecular flexibility index (Phi) is 6.08. The Morgan fingerprint density at radius 2 is 2.00 bits per heavy atom. The van der Waals surface area contributed by atoms with Crippen molar-refractivity contribution in [2.24, 2.45) is 11.0 Å². The number of azide groups is 1. The van der Waals surface area contributed by atoms with Gasteiger partial charge >= 0.3 is 12.1 Å². The Hall–Kier alpha value is -1.99. The molecule has 1 heterocycles. The van der Waals surface area contributed by atoms with Crippen LogP contribution in [0.3, 0.4) is 0 Å². The van der Waals surface area contributed by atoms with Crippen LogP contribution < -0.4 is 0 Å². The van der Waals surface area contributed by atoms with Gasteiger partial charge in [-0.15, -0.1) is 0 Å². The highest BCUT2D eigenvalue weighted by molar-refractivity contribution is 5.76. The number of esters is 1. The number of amides is 1. The number of carbonyl (C=O) groups excluding carboxylic acids is 2. The molecule has 1 aliphatic heterocycles. The fourth-order valence-corrected chi connectivity index (χ4v) is 2.64. The molecule has 0 aliphatic carbocycles. The van der Waals surface area contributed by atoms with Gasteiger partial charge < -0.3 is 14.2 Å². The van der Waals surface area contributed by atoms with Crippen LogP contribution in [0.2, 0.25) is 0 Å². The molecule has 9 heteroatoms. The van der Waals surface area contributed by atoms with Crippen LogP contribution in [0.1, 0.15) is 41.5 Å². The van der Waals surface area contributed by atoms with Crippen LogP contribution in [0.5, 0.6) is 0 Å². The normalized spacial score (nSPS) is 22.3. The average Bonchev–Trinajstić information content (AvgIpc) is 2.77. The molecule has 0 saturated carbocycles. The topological polar surface area (TPSA) is 114 Å². The summed E-state index contributed by atoms with van der Waals surface area (Å²) in [4.78, 5) is 28.7. The Balaban J connectivity index is 3.12. The summed E-state index contributed by atoms with van der Waals surface area (Å²) < 4.78 is 15.8. The largest absolute Gasteiger partial charge is 0.469 e. The number of carbonyl (C=O) groups is 2. The van der Waals surface area contributed by atoms with E-state index < -0.39 is 41.4 Å². The van der Waals surface area contributed by atoms with E-state index in [1.54, 1.807) is 41.5 Å². The standard InChI is InChI=1S/C15H26N4O5/c1-9(11(17-18-16)12(20)22-7)10-8-23-15(5,6)19(10)13(21)24-14(2,3)4/h9-11H,8H2,1-7H3/t9-,10+,11-/m1/s1. The van der Waals surface area contributed by atoms with Crippen molar-refractivity contribution in [1.82, 2.24) is 4.90 Å². The van der Waals surface area contributed by atoms with Crippen LogP contribution in [0.25, 0.3) is 10.4 Å². The molecule has 0 spiro atoms. The van der Waals surface area contributed by atoms with Crippen molar-refractivity contribution < 1.29 is 23.8 Å². The molecule has 0 bridgehead atoms. The molecule has 0 aromatic rings. The summed E-state index contributed by atoms with van der Waals surface area (Å²) in [5.74, 6) is -1.17. The van der Waals surface area contributed by atoms with E-state index in [9.17, 15) is 9.59 Å². The van der Waals surface area contributed by atoms with Crippen LogP contribution >= 0.6 is 0 Å². The first-order chi connectivity index (χ1) is 10.9. The minimum absolute atomic E-state index is 0.196. The van der Waals surface area contributed by atoms with E-state index >= 15 is 0 Å². The van der Waals surface area contributed by atoms with Crippen molar-refractivity contribution in [3.8, 4) is 0 Å². The lowest BCUT2D eigenvalue weighted by Crippen LogP contribution is -2.53. The molecule has 0 radical (unpaired) electrons. The van der Waals surface area contributed by atoms with Crippen LogP contribution in [-0.2, 0) is 19.0 Å². The lowest BCUT2D eigenvalue weighted by Gasteiger charge is -2.37. The quantitative estimate of drug-likeness (QED) is 0.337. The predicted octanol–water partition coefficient (Wildman–Crippen LogP) is 2.85. The van der Waals surface area contributed by atoms with Crippen molar-refractivity contribution in [1.29, 1.82) is 0 Å². The Morgan fingerprint density at radius 3 is 2.46 bits per heavy atom. The van der Waals surface area contributed by atoms with Gasteiger partial charge in [-0.05, 0) is 46.1 Å². The van der Waals surface area contributed by atoms with Gasteiger partial charge in [0.05, 0.1) is 19.8 Å². The predicted molar refractivity (Wildman–Crippen MR) is 86.0 cm³/mol. The molecule has 1 amide bonds. The SMILES string of the molecule is COC(=O)[C@H](N=[N+]=[N-])[C@H](C)[C@@H]1COC(C)(C)N1C(=O)OC(C)(C)C. The van der Waals surface area contributed by atoms with Gasteiger partial charge in [-0.3, -0.25) is 9.69 Å². The van der Waals surface area contributed by atoms with Gasteiger partial charge in [0.25, 0.3) is 0 Å². The fourth-order valence-electron chi connectivity index (χ4n) is 2.64. The van der Waals surface area contributed by atoms with Crippen molar-refractivity contribution in [3.63, 3.8) is 0 Å². The van der Waals surface area contributed by atoms with E-state index in [1.807, 2.05) is 0 Å².